The fourth-order valence-electron chi connectivity index (χ4n) is 1.58. The molecule has 0 aliphatic carbocycles. The second-order valence-electron chi connectivity index (χ2n) is 4.76. The summed E-state index contributed by atoms with van der Waals surface area (Å²) in [5, 5.41) is 0. The standard InChI is InChI=1S/C15H26O/c1-14(2)10-9-12-15(3)11-7-5-4-6-8-13-16/h4-5,10,13,15H,6-9,11-12H2,1-3H3/b5-4-/t15-/m1/s1. The Morgan fingerprint density at radius 2 is 1.62 bits per heavy atom. The minimum atomic E-state index is 0.659. The van der Waals surface area contributed by atoms with Gasteiger partial charge in [-0.05, 0) is 51.9 Å². The van der Waals surface area contributed by atoms with Crippen molar-refractivity contribution in [1.82, 2.24) is 0 Å². The van der Waals surface area contributed by atoms with E-state index < -0.39 is 0 Å². The van der Waals surface area contributed by atoms with Crippen LogP contribution in [0.3, 0.4) is 0 Å². The Kier molecular flexibility index (Phi) is 10.1. The Hall–Kier alpha value is -0.850. The quantitative estimate of drug-likeness (QED) is 0.314. The predicted octanol–water partition coefficient (Wildman–Crippen LogP) is 4.68. The molecule has 0 saturated heterocycles. The third kappa shape index (κ3) is 11.2. The second-order valence-corrected chi connectivity index (χ2v) is 4.76. The van der Waals surface area contributed by atoms with E-state index in [0.717, 1.165) is 25.0 Å². The van der Waals surface area contributed by atoms with Crippen LogP contribution in [-0.4, -0.2) is 6.29 Å². The van der Waals surface area contributed by atoms with Crippen LogP contribution in [0.1, 0.15) is 59.3 Å². The molecular formula is C15H26O. The Labute approximate surface area is 101 Å². The molecule has 0 fully saturated rings. The van der Waals surface area contributed by atoms with Crippen LogP contribution in [0, 0.1) is 5.92 Å². The zero-order valence-corrected chi connectivity index (χ0v) is 11.0. The van der Waals surface area contributed by atoms with Gasteiger partial charge in [-0.3, -0.25) is 0 Å². The number of unbranched alkanes of at least 4 members (excludes halogenated alkanes) is 1. The van der Waals surface area contributed by atoms with Crippen LogP contribution in [0.15, 0.2) is 23.8 Å². The van der Waals surface area contributed by atoms with E-state index in [1.165, 1.54) is 24.8 Å². The van der Waals surface area contributed by atoms with E-state index in [4.69, 9.17) is 0 Å². The van der Waals surface area contributed by atoms with Crippen molar-refractivity contribution in [3.63, 3.8) is 0 Å². The summed E-state index contributed by atoms with van der Waals surface area (Å²) in [5.41, 5.74) is 1.42. The van der Waals surface area contributed by atoms with Gasteiger partial charge in [-0.15, -0.1) is 0 Å². The van der Waals surface area contributed by atoms with Gasteiger partial charge in [-0.2, -0.15) is 0 Å². The van der Waals surface area contributed by atoms with Crippen molar-refractivity contribution < 1.29 is 4.79 Å². The summed E-state index contributed by atoms with van der Waals surface area (Å²) in [6, 6.07) is 0. The molecule has 0 N–H and O–H groups in total. The first-order valence-electron chi connectivity index (χ1n) is 6.38. The summed E-state index contributed by atoms with van der Waals surface area (Å²) < 4.78 is 0. The molecule has 0 heterocycles. The number of rotatable bonds is 9. The van der Waals surface area contributed by atoms with Crippen LogP contribution in [0.25, 0.3) is 0 Å². The zero-order chi connectivity index (χ0) is 12.2. The number of hydrogen-bond acceptors (Lipinski definition) is 1. The average molecular weight is 222 g/mol. The maximum Gasteiger partial charge on any atom is 0.120 e. The molecule has 1 heteroatoms. The van der Waals surface area contributed by atoms with Gasteiger partial charge in [0.25, 0.3) is 0 Å². The molecule has 0 spiro atoms. The van der Waals surface area contributed by atoms with Crippen LogP contribution < -0.4 is 0 Å². The molecule has 0 saturated carbocycles. The number of carbonyl (C=O) groups excluding carboxylic acids is 1. The lowest BCUT2D eigenvalue weighted by Crippen LogP contribution is -1.92. The SMILES string of the molecule is CC(C)=CCC[C@H](C)CC/C=C\CCC=O. The molecule has 0 radical (unpaired) electrons. The van der Waals surface area contributed by atoms with E-state index in [1.807, 2.05) is 0 Å². The minimum absolute atomic E-state index is 0.659. The zero-order valence-electron chi connectivity index (χ0n) is 11.0. The van der Waals surface area contributed by atoms with Gasteiger partial charge in [0, 0.05) is 6.42 Å². The fourth-order valence-corrected chi connectivity index (χ4v) is 1.58. The predicted molar refractivity (Wildman–Crippen MR) is 71.5 cm³/mol. The second kappa shape index (κ2) is 10.7. The first kappa shape index (κ1) is 15.2. The topological polar surface area (TPSA) is 17.1 Å². The molecular weight excluding hydrogens is 196 g/mol. The molecule has 0 aromatic carbocycles. The first-order chi connectivity index (χ1) is 7.66. The van der Waals surface area contributed by atoms with Crippen LogP contribution in [0.5, 0.6) is 0 Å². The maximum atomic E-state index is 10.1. The van der Waals surface area contributed by atoms with Gasteiger partial charge in [-0.25, -0.2) is 0 Å². The lowest BCUT2D eigenvalue weighted by atomic mass is 9.99. The molecule has 0 aromatic rings. The highest BCUT2D eigenvalue weighted by atomic mass is 16.1. The highest BCUT2D eigenvalue weighted by molar-refractivity contribution is 5.49. The van der Waals surface area contributed by atoms with E-state index in [9.17, 15) is 4.79 Å². The van der Waals surface area contributed by atoms with Crippen molar-refractivity contribution in [2.75, 3.05) is 0 Å². The summed E-state index contributed by atoms with van der Waals surface area (Å²) in [5.74, 6) is 0.798. The molecule has 0 bridgehead atoms. The Balaban J connectivity index is 3.43. The van der Waals surface area contributed by atoms with E-state index in [2.05, 4.69) is 39.0 Å². The first-order valence-corrected chi connectivity index (χ1v) is 6.38. The lowest BCUT2D eigenvalue weighted by Gasteiger charge is -2.07. The van der Waals surface area contributed by atoms with Crippen LogP contribution in [0.2, 0.25) is 0 Å². The third-order valence-electron chi connectivity index (χ3n) is 2.66. The summed E-state index contributed by atoms with van der Waals surface area (Å²) in [6.45, 7) is 6.62. The highest BCUT2D eigenvalue weighted by Gasteiger charge is 1.98. The summed E-state index contributed by atoms with van der Waals surface area (Å²) in [7, 11) is 0. The van der Waals surface area contributed by atoms with Crippen molar-refractivity contribution in [2.24, 2.45) is 5.92 Å². The molecule has 0 unspecified atom stereocenters. The molecule has 0 amide bonds. The third-order valence-corrected chi connectivity index (χ3v) is 2.66. The van der Waals surface area contributed by atoms with Crippen molar-refractivity contribution >= 4 is 6.29 Å². The molecule has 16 heavy (non-hydrogen) atoms. The lowest BCUT2D eigenvalue weighted by molar-refractivity contribution is -0.107. The Bertz CT molecular complexity index is 222. The number of carbonyl (C=O) groups is 1. The number of allylic oxidation sites excluding steroid dienone is 4. The van der Waals surface area contributed by atoms with Crippen molar-refractivity contribution in [3.8, 4) is 0 Å². The molecule has 0 aliphatic heterocycles. The van der Waals surface area contributed by atoms with Crippen LogP contribution in [-0.2, 0) is 4.79 Å². The number of hydrogen-bond donors (Lipinski definition) is 0. The smallest absolute Gasteiger partial charge is 0.120 e. The Morgan fingerprint density at radius 3 is 2.25 bits per heavy atom. The molecule has 0 aliphatic rings. The van der Waals surface area contributed by atoms with Crippen LogP contribution in [0.4, 0.5) is 0 Å². The van der Waals surface area contributed by atoms with Crippen molar-refractivity contribution in [3.05, 3.63) is 23.8 Å². The van der Waals surface area contributed by atoms with Gasteiger partial charge in [-0.1, -0.05) is 30.7 Å². The van der Waals surface area contributed by atoms with Gasteiger partial charge >= 0.3 is 0 Å². The van der Waals surface area contributed by atoms with E-state index in [1.54, 1.807) is 0 Å². The largest absolute Gasteiger partial charge is 0.303 e. The molecule has 1 atom stereocenters. The van der Waals surface area contributed by atoms with E-state index in [-0.39, 0.29) is 0 Å². The Morgan fingerprint density at radius 1 is 1.00 bits per heavy atom. The van der Waals surface area contributed by atoms with E-state index in [0.29, 0.717) is 6.42 Å². The van der Waals surface area contributed by atoms with Crippen LogP contribution >= 0.6 is 0 Å². The summed E-state index contributed by atoms with van der Waals surface area (Å²) in [4.78, 5) is 10.1. The molecule has 0 aromatic heterocycles. The van der Waals surface area contributed by atoms with Gasteiger partial charge in [0.15, 0.2) is 0 Å². The number of aldehydes is 1. The van der Waals surface area contributed by atoms with E-state index >= 15 is 0 Å². The molecule has 0 rings (SSSR count). The molecule has 1 nitrogen and oxygen atoms in total. The van der Waals surface area contributed by atoms with Gasteiger partial charge in [0.2, 0.25) is 0 Å². The normalized spacial score (nSPS) is 12.7. The van der Waals surface area contributed by atoms with Crippen molar-refractivity contribution in [2.45, 2.75) is 59.3 Å². The maximum absolute atomic E-state index is 10.1. The summed E-state index contributed by atoms with van der Waals surface area (Å²) >= 11 is 0. The average Bonchev–Trinajstić information content (AvgIpc) is 2.22. The van der Waals surface area contributed by atoms with Gasteiger partial charge in [0.05, 0.1) is 0 Å². The molecule has 92 valence electrons. The monoisotopic (exact) mass is 222 g/mol. The van der Waals surface area contributed by atoms with Crippen molar-refractivity contribution in [1.29, 1.82) is 0 Å². The fraction of sp³-hybridized carbons (Fsp3) is 0.667. The summed E-state index contributed by atoms with van der Waals surface area (Å²) in [6.07, 6.45) is 14.1. The van der Waals surface area contributed by atoms with Gasteiger partial charge < -0.3 is 4.79 Å². The highest BCUT2D eigenvalue weighted by Crippen LogP contribution is 2.14. The van der Waals surface area contributed by atoms with Gasteiger partial charge in [0.1, 0.15) is 6.29 Å². The minimum Gasteiger partial charge on any atom is -0.303 e.